The first-order chi connectivity index (χ1) is 24.8. The van der Waals surface area contributed by atoms with Crippen molar-refractivity contribution in [1.82, 2.24) is 19.1 Å². The summed E-state index contributed by atoms with van der Waals surface area (Å²) in [5, 5.41) is 4.94. The molecule has 3 heterocycles. The Labute approximate surface area is 289 Å². The Kier molecular flexibility index (Phi) is 6.46. The van der Waals surface area contributed by atoms with Crippen LogP contribution in [0.4, 0.5) is 0 Å². The van der Waals surface area contributed by atoms with Crippen molar-refractivity contribution in [1.29, 1.82) is 0 Å². The number of benzene rings is 7. The molecular formula is C46H30N4. The molecule has 0 amide bonds. The van der Waals surface area contributed by atoms with Crippen LogP contribution in [0.2, 0.25) is 0 Å². The molecule has 4 heteroatoms. The zero-order chi connectivity index (χ0) is 33.0. The fraction of sp³-hybridized carbons (Fsp3) is 0. The molecule has 0 radical (unpaired) electrons. The topological polar surface area (TPSA) is 35.6 Å². The van der Waals surface area contributed by atoms with Crippen LogP contribution in [0.3, 0.4) is 0 Å². The van der Waals surface area contributed by atoms with Gasteiger partial charge in [-0.3, -0.25) is 0 Å². The second-order valence-electron chi connectivity index (χ2n) is 12.6. The number of aromatic nitrogens is 4. The molecule has 10 aromatic rings. The first-order valence-corrected chi connectivity index (χ1v) is 16.9. The first kappa shape index (κ1) is 28.3. The lowest BCUT2D eigenvalue weighted by atomic mass is 10.1. The molecule has 234 valence electrons. The predicted molar refractivity (Wildman–Crippen MR) is 207 cm³/mol. The Hall–Kier alpha value is -6.78. The molecule has 0 spiro atoms. The Bertz CT molecular complexity index is 2790. The summed E-state index contributed by atoms with van der Waals surface area (Å²) < 4.78 is 4.78. The third kappa shape index (κ3) is 4.39. The zero-order valence-electron chi connectivity index (χ0n) is 27.1. The third-order valence-corrected chi connectivity index (χ3v) is 9.74. The Morgan fingerprint density at radius 1 is 0.360 bits per heavy atom. The monoisotopic (exact) mass is 638 g/mol. The molecule has 50 heavy (non-hydrogen) atoms. The molecule has 7 aromatic carbocycles. The SMILES string of the molecule is c1ccc(-c2cc(-c3ccccc3)nc(-c3ccccc3-n3c4ccccc4c4c5c6ccccc6n(-c6ccccc6)c5ccc43)n2)cc1. The maximum Gasteiger partial charge on any atom is 0.162 e. The van der Waals surface area contributed by atoms with Crippen LogP contribution in [0, 0.1) is 0 Å². The lowest BCUT2D eigenvalue weighted by Gasteiger charge is -2.15. The molecule has 0 atom stereocenters. The minimum atomic E-state index is 0.688. The highest BCUT2D eigenvalue weighted by Crippen LogP contribution is 2.43. The van der Waals surface area contributed by atoms with Gasteiger partial charge in [0.15, 0.2) is 5.82 Å². The average molecular weight is 639 g/mol. The summed E-state index contributed by atoms with van der Waals surface area (Å²) in [4.78, 5) is 10.5. The van der Waals surface area contributed by atoms with Gasteiger partial charge in [-0.2, -0.15) is 0 Å². The van der Waals surface area contributed by atoms with Gasteiger partial charge in [-0.05, 0) is 54.6 Å². The third-order valence-electron chi connectivity index (χ3n) is 9.74. The molecule has 3 aromatic heterocycles. The molecule has 0 unspecified atom stereocenters. The van der Waals surface area contributed by atoms with E-state index < -0.39 is 0 Å². The van der Waals surface area contributed by atoms with Gasteiger partial charge in [0.2, 0.25) is 0 Å². The van der Waals surface area contributed by atoms with E-state index in [2.05, 4.69) is 179 Å². The van der Waals surface area contributed by atoms with E-state index >= 15 is 0 Å². The highest BCUT2D eigenvalue weighted by Gasteiger charge is 2.22. The summed E-state index contributed by atoms with van der Waals surface area (Å²) in [7, 11) is 0. The van der Waals surface area contributed by atoms with Gasteiger partial charge in [0.1, 0.15) is 0 Å². The minimum absolute atomic E-state index is 0.688. The van der Waals surface area contributed by atoms with Gasteiger partial charge < -0.3 is 9.13 Å². The lowest BCUT2D eigenvalue weighted by Crippen LogP contribution is -2.01. The Balaban J connectivity index is 1.28. The second-order valence-corrected chi connectivity index (χ2v) is 12.6. The second kappa shape index (κ2) is 11.4. The molecule has 4 nitrogen and oxygen atoms in total. The van der Waals surface area contributed by atoms with E-state index in [1.165, 1.54) is 32.6 Å². The molecule has 0 aliphatic carbocycles. The standard InChI is InChI=1S/C46H30N4/c1-4-16-31(17-5-1)37-30-38(32-18-6-2-7-19-32)48-46(47-37)36-24-12-15-27-41(36)50-40-26-14-11-23-35(40)45-43(50)29-28-42-44(45)34-22-10-13-25-39(34)49(42)33-20-8-3-9-21-33/h1-30H. The van der Waals surface area contributed by atoms with Crippen LogP contribution >= 0.6 is 0 Å². The molecule has 10 rings (SSSR count). The molecule has 0 fully saturated rings. The zero-order valence-corrected chi connectivity index (χ0v) is 27.1. The number of rotatable bonds is 5. The van der Waals surface area contributed by atoms with Gasteiger partial charge in [0.05, 0.1) is 39.1 Å². The van der Waals surface area contributed by atoms with Crippen LogP contribution in [0.1, 0.15) is 0 Å². The smallest absolute Gasteiger partial charge is 0.162 e. The summed E-state index contributed by atoms with van der Waals surface area (Å²) in [6.07, 6.45) is 0. The van der Waals surface area contributed by atoms with E-state index in [0.717, 1.165) is 50.5 Å². The van der Waals surface area contributed by atoms with Crippen LogP contribution in [0.25, 0.3) is 88.9 Å². The summed E-state index contributed by atoms with van der Waals surface area (Å²) in [5.74, 6) is 0.688. The van der Waals surface area contributed by atoms with Crippen molar-refractivity contribution >= 4 is 43.6 Å². The molecule has 0 aliphatic rings. The van der Waals surface area contributed by atoms with Crippen molar-refractivity contribution in [3.05, 3.63) is 182 Å². The van der Waals surface area contributed by atoms with Gasteiger partial charge >= 0.3 is 0 Å². The Morgan fingerprint density at radius 2 is 0.820 bits per heavy atom. The molecule has 0 aliphatic heterocycles. The van der Waals surface area contributed by atoms with E-state index in [1.807, 2.05) is 12.1 Å². The van der Waals surface area contributed by atoms with Crippen LogP contribution < -0.4 is 0 Å². The number of fused-ring (bicyclic) bond motifs is 7. The fourth-order valence-corrected chi connectivity index (χ4v) is 7.57. The van der Waals surface area contributed by atoms with Gasteiger partial charge in [-0.15, -0.1) is 0 Å². The van der Waals surface area contributed by atoms with Crippen molar-refractivity contribution in [2.24, 2.45) is 0 Å². The van der Waals surface area contributed by atoms with Gasteiger partial charge in [0, 0.05) is 43.9 Å². The predicted octanol–water partition coefficient (Wildman–Crippen LogP) is 11.7. The van der Waals surface area contributed by atoms with Crippen molar-refractivity contribution < 1.29 is 0 Å². The highest BCUT2D eigenvalue weighted by molar-refractivity contribution is 6.29. The largest absolute Gasteiger partial charge is 0.309 e. The summed E-state index contributed by atoms with van der Waals surface area (Å²) >= 11 is 0. The van der Waals surface area contributed by atoms with E-state index in [9.17, 15) is 0 Å². The van der Waals surface area contributed by atoms with E-state index in [1.54, 1.807) is 0 Å². The van der Waals surface area contributed by atoms with E-state index in [-0.39, 0.29) is 0 Å². The number of hydrogen-bond acceptors (Lipinski definition) is 2. The summed E-state index contributed by atoms with van der Waals surface area (Å²) in [5.41, 5.74) is 11.7. The van der Waals surface area contributed by atoms with Crippen LogP contribution in [-0.2, 0) is 0 Å². The quantitative estimate of drug-likeness (QED) is 0.188. The van der Waals surface area contributed by atoms with Crippen LogP contribution in [-0.4, -0.2) is 19.1 Å². The average Bonchev–Trinajstić information content (AvgIpc) is 3.71. The van der Waals surface area contributed by atoms with Crippen molar-refractivity contribution in [2.75, 3.05) is 0 Å². The van der Waals surface area contributed by atoms with Crippen molar-refractivity contribution in [2.45, 2.75) is 0 Å². The first-order valence-electron chi connectivity index (χ1n) is 16.9. The van der Waals surface area contributed by atoms with E-state index in [0.29, 0.717) is 5.82 Å². The highest BCUT2D eigenvalue weighted by atomic mass is 15.0. The maximum atomic E-state index is 5.23. The summed E-state index contributed by atoms with van der Waals surface area (Å²) in [6.45, 7) is 0. The van der Waals surface area contributed by atoms with E-state index in [4.69, 9.17) is 9.97 Å². The molecular weight excluding hydrogens is 609 g/mol. The van der Waals surface area contributed by atoms with Gasteiger partial charge in [-0.25, -0.2) is 9.97 Å². The number of hydrogen-bond donors (Lipinski definition) is 0. The fourth-order valence-electron chi connectivity index (χ4n) is 7.57. The maximum absolute atomic E-state index is 5.23. The number of para-hydroxylation sites is 4. The van der Waals surface area contributed by atoms with Crippen molar-refractivity contribution in [3.8, 4) is 45.3 Å². The molecule has 0 saturated carbocycles. The van der Waals surface area contributed by atoms with Gasteiger partial charge in [0.25, 0.3) is 0 Å². The summed E-state index contributed by atoms with van der Waals surface area (Å²) in [6, 6.07) is 64.1. The Morgan fingerprint density at radius 3 is 1.42 bits per heavy atom. The van der Waals surface area contributed by atoms with Crippen LogP contribution in [0.15, 0.2) is 182 Å². The van der Waals surface area contributed by atoms with Crippen molar-refractivity contribution in [3.63, 3.8) is 0 Å². The molecule has 0 N–H and O–H groups in total. The minimum Gasteiger partial charge on any atom is -0.309 e. The lowest BCUT2D eigenvalue weighted by molar-refractivity contribution is 1.14. The molecule has 0 bridgehead atoms. The molecule has 0 saturated heterocycles. The van der Waals surface area contributed by atoms with Crippen LogP contribution in [0.5, 0.6) is 0 Å². The van der Waals surface area contributed by atoms with Gasteiger partial charge in [-0.1, -0.05) is 127 Å². The number of nitrogens with zero attached hydrogens (tertiary/aromatic N) is 4. The normalized spacial score (nSPS) is 11.6.